The van der Waals surface area contributed by atoms with Crippen LogP contribution in [0.3, 0.4) is 0 Å². The maximum Gasteiger partial charge on any atom is 0.227 e. The first-order valence-corrected chi connectivity index (χ1v) is 10.2. The summed E-state index contributed by atoms with van der Waals surface area (Å²) in [4.78, 5) is 26.6. The van der Waals surface area contributed by atoms with E-state index in [1.54, 1.807) is 22.0 Å². The Balaban J connectivity index is 1.24. The molecule has 4 rings (SSSR count). The molecular weight excluding hydrogens is 394 g/mol. The number of rotatable bonds is 7. The second-order valence-electron chi connectivity index (χ2n) is 7.62. The highest BCUT2D eigenvalue weighted by Gasteiger charge is 2.35. The van der Waals surface area contributed by atoms with Crippen LogP contribution >= 0.6 is 0 Å². The molecule has 2 amide bonds. The van der Waals surface area contributed by atoms with Crippen molar-refractivity contribution in [2.24, 2.45) is 5.92 Å². The summed E-state index contributed by atoms with van der Waals surface area (Å²) >= 11 is 0. The molecule has 0 saturated carbocycles. The zero-order chi connectivity index (χ0) is 21.8. The van der Waals surface area contributed by atoms with Crippen LogP contribution in [0, 0.1) is 19.8 Å². The first-order valence-electron chi connectivity index (χ1n) is 10.2. The van der Waals surface area contributed by atoms with E-state index >= 15 is 0 Å². The van der Waals surface area contributed by atoms with Gasteiger partial charge < -0.3 is 15.5 Å². The van der Waals surface area contributed by atoms with Crippen molar-refractivity contribution in [1.29, 1.82) is 0 Å². The van der Waals surface area contributed by atoms with Crippen LogP contribution < -0.4 is 15.5 Å². The maximum absolute atomic E-state index is 12.5. The highest BCUT2D eigenvalue weighted by atomic mass is 16.2. The lowest BCUT2D eigenvalue weighted by molar-refractivity contribution is -0.126. The number of hydrogen-bond acceptors (Lipinski definition) is 6. The van der Waals surface area contributed by atoms with Crippen molar-refractivity contribution >= 4 is 23.3 Å². The van der Waals surface area contributed by atoms with Crippen LogP contribution in [0.4, 0.5) is 11.5 Å². The van der Waals surface area contributed by atoms with Gasteiger partial charge in [0.05, 0.1) is 5.92 Å². The fourth-order valence-electron chi connectivity index (χ4n) is 3.49. The van der Waals surface area contributed by atoms with E-state index in [0.717, 1.165) is 11.3 Å². The highest BCUT2D eigenvalue weighted by Crippen LogP contribution is 2.26. The van der Waals surface area contributed by atoms with Gasteiger partial charge in [-0.05, 0) is 55.3 Å². The number of hydrogen-bond donors (Lipinski definition) is 2. The van der Waals surface area contributed by atoms with Gasteiger partial charge in [-0.1, -0.05) is 6.07 Å². The number of amides is 2. The van der Waals surface area contributed by atoms with Gasteiger partial charge in [-0.15, -0.1) is 10.2 Å². The van der Waals surface area contributed by atoms with E-state index < -0.39 is 0 Å². The lowest BCUT2D eigenvalue weighted by Gasteiger charge is -2.18. The van der Waals surface area contributed by atoms with E-state index in [0.29, 0.717) is 31.3 Å². The Labute approximate surface area is 180 Å². The van der Waals surface area contributed by atoms with Crippen LogP contribution in [0.5, 0.6) is 0 Å². The Kier molecular flexibility index (Phi) is 5.92. The summed E-state index contributed by atoms with van der Waals surface area (Å²) < 4.78 is 1.63. The zero-order valence-electron chi connectivity index (χ0n) is 17.6. The molecule has 9 heteroatoms. The molecule has 1 atom stereocenters. The number of nitrogens with zero attached hydrogens (tertiary/aromatic N) is 5. The van der Waals surface area contributed by atoms with Crippen LogP contribution in [0.25, 0.3) is 5.82 Å². The molecule has 1 unspecified atom stereocenters. The normalized spacial score (nSPS) is 15.9. The quantitative estimate of drug-likeness (QED) is 0.567. The Bertz CT molecular complexity index is 1060. The SMILES string of the molecule is Cc1ccc(N2CC(C(=O)NCCNc3ccc(-n4cccn4)nn3)CC2=O)cc1C. The standard InChI is InChI=1S/C22H25N7O2/c1-15-4-5-18(12-16(15)2)28-14-17(13-21(28)30)22(31)24-10-9-23-19-6-7-20(27-26-19)29-11-3-8-25-29/h3-8,11-12,17H,9-10,13-14H2,1-2H3,(H,23,26)(H,24,31). The number of aromatic nitrogens is 4. The zero-order valence-corrected chi connectivity index (χ0v) is 17.6. The van der Waals surface area contributed by atoms with E-state index in [-0.39, 0.29) is 24.2 Å². The fraction of sp³-hybridized carbons (Fsp3) is 0.318. The highest BCUT2D eigenvalue weighted by molar-refractivity contribution is 6.00. The van der Waals surface area contributed by atoms with Crippen molar-refractivity contribution in [3.05, 3.63) is 59.9 Å². The summed E-state index contributed by atoms with van der Waals surface area (Å²) in [6.45, 7) is 5.39. The number of carbonyl (C=O) groups excluding carboxylic acids is 2. The second-order valence-corrected chi connectivity index (χ2v) is 7.62. The Morgan fingerprint density at radius 1 is 1.13 bits per heavy atom. The number of anilines is 2. The first-order chi connectivity index (χ1) is 15.0. The molecular formula is C22H25N7O2. The lowest BCUT2D eigenvalue weighted by atomic mass is 10.1. The van der Waals surface area contributed by atoms with Gasteiger partial charge in [-0.25, -0.2) is 4.68 Å². The van der Waals surface area contributed by atoms with E-state index in [1.807, 2.05) is 50.2 Å². The van der Waals surface area contributed by atoms with Crippen LogP contribution in [-0.4, -0.2) is 51.4 Å². The first kappa shape index (κ1) is 20.5. The molecule has 0 radical (unpaired) electrons. The van der Waals surface area contributed by atoms with Crippen molar-refractivity contribution in [3.63, 3.8) is 0 Å². The smallest absolute Gasteiger partial charge is 0.227 e. The van der Waals surface area contributed by atoms with Gasteiger partial charge in [0.1, 0.15) is 5.82 Å². The molecule has 3 aromatic rings. The van der Waals surface area contributed by atoms with Gasteiger partial charge in [-0.2, -0.15) is 5.10 Å². The number of aryl methyl sites for hydroxylation is 2. The van der Waals surface area contributed by atoms with Gasteiger partial charge in [0.15, 0.2) is 5.82 Å². The minimum Gasteiger partial charge on any atom is -0.367 e. The van der Waals surface area contributed by atoms with Crippen molar-refractivity contribution in [3.8, 4) is 5.82 Å². The molecule has 160 valence electrons. The molecule has 9 nitrogen and oxygen atoms in total. The minimum absolute atomic E-state index is 0.0194. The molecule has 2 N–H and O–H groups in total. The Hall–Kier alpha value is -3.75. The molecule has 31 heavy (non-hydrogen) atoms. The third kappa shape index (κ3) is 4.71. The number of carbonyl (C=O) groups is 2. The molecule has 1 saturated heterocycles. The Morgan fingerprint density at radius 3 is 2.71 bits per heavy atom. The second kappa shape index (κ2) is 8.95. The van der Waals surface area contributed by atoms with Gasteiger partial charge in [-0.3, -0.25) is 9.59 Å². The molecule has 0 aliphatic carbocycles. The average molecular weight is 419 g/mol. The van der Waals surface area contributed by atoms with Crippen LogP contribution in [0.15, 0.2) is 48.8 Å². The minimum atomic E-state index is -0.345. The van der Waals surface area contributed by atoms with Crippen molar-refractivity contribution in [2.45, 2.75) is 20.3 Å². The third-order valence-electron chi connectivity index (χ3n) is 5.42. The van der Waals surface area contributed by atoms with E-state index in [4.69, 9.17) is 0 Å². The molecule has 0 spiro atoms. The van der Waals surface area contributed by atoms with Crippen LogP contribution in [0.2, 0.25) is 0 Å². The number of nitrogens with one attached hydrogen (secondary N) is 2. The predicted octanol–water partition coefficient (Wildman–Crippen LogP) is 1.86. The van der Waals surface area contributed by atoms with E-state index in [1.165, 1.54) is 5.56 Å². The topological polar surface area (TPSA) is 105 Å². The maximum atomic E-state index is 12.5. The van der Waals surface area contributed by atoms with Crippen LogP contribution in [-0.2, 0) is 9.59 Å². The van der Waals surface area contributed by atoms with Crippen molar-refractivity contribution in [2.75, 3.05) is 29.9 Å². The lowest BCUT2D eigenvalue weighted by Crippen LogP contribution is -2.35. The molecule has 1 fully saturated rings. The van der Waals surface area contributed by atoms with Gasteiger partial charge in [0.2, 0.25) is 11.8 Å². The molecule has 3 heterocycles. The van der Waals surface area contributed by atoms with Gasteiger partial charge in [0.25, 0.3) is 0 Å². The summed E-state index contributed by atoms with van der Waals surface area (Å²) in [5.74, 6) is 0.767. The molecule has 1 aromatic carbocycles. The fourth-order valence-corrected chi connectivity index (χ4v) is 3.49. The summed E-state index contributed by atoms with van der Waals surface area (Å²) in [6.07, 6.45) is 3.70. The Morgan fingerprint density at radius 2 is 2.00 bits per heavy atom. The van der Waals surface area contributed by atoms with Crippen molar-refractivity contribution < 1.29 is 9.59 Å². The molecule has 1 aliphatic heterocycles. The average Bonchev–Trinajstić information content (AvgIpc) is 3.44. The summed E-state index contributed by atoms with van der Waals surface area (Å²) in [6, 6.07) is 11.4. The summed E-state index contributed by atoms with van der Waals surface area (Å²) in [5.41, 5.74) is 3.16. The summed E-state index contributed by atoms with van der Waals surface area (Å²) in [7, 11) is 0. The van der Waals surface area contributed by atoms with E-state index in [2.05, 4.69) is 25.9 Å². The number of benzene rings is 1. The molecule has 1 aliphatic rings. The largest absolute Gasteiger partial charge is 0.367 e. The summed E-state index contributed by atoms with van der Waals surface area (Å²) in [5, 5.41) is 18.3. The van der Waals surface area contributed by atoms with E-state index in [9.17, 15) is 9.59 Å². The predicted molar refractivity (Wildman–Crippen MR) is 117 cm³/mol. The van der Waals surface area contributed by atoms with Gasteiger partial charge in [0, 0.05) is 44.1 Å². The third-order valence-corrected chi connectivity index (χ3v) is 5.42. The molecule has 2 aromatic heterocycles. The molecule has 0 bridgehead atoms. The van der Waals surface area contributed by atoms with Crippen LogP contribution in [0.1, 0.15) is 17.5 Å². The monoisotopic (exact) mass is 419 g/mol. The van der Waals surface area contributed by atoms with Gasteiger partial charge >= 0.3 is 0 Å². The van der Waals surface area contributed by atoms with Crippen molar-refractivity contribution in [1.82, 2.24) is 25.3 Å².